The van der Waals surface area contributed by atoms with Crippen molar-refractivity contribution in [1.82, 2.24) is 9.88 Å². The van der Waals surface area contributed by atoms with Crippen molar-refractivity contribution in [3.63, 3.8) is 0 Å². The van der Waals surface area contributed by atoms with Gasteiger partial charge in [-0.25, -0.2) is 0 Å². The normalized spacial score (nSPS) is 22.2. The summed E-state index contributed by atoms with van der Waals surface area (Å²) < 4.78 is 0. The minimum absolute atomic E-state index is 0.613. The number of aromatic nitrogens is 1. The van der Waals surface area contributed by atoms with Crippen LogP contribution in [0.3, 0.4) is 0 Å². The molecule has 1 aliphatic rings. The first-order valence-electron chi connectivity index (χ1n) is 6.47. The summed E-state index contributed by atoms with van der Waals surface area (Å²) in [4.78, 5) is 6.92. The van der Waals surface area contributed by atoms with E-state index in [0.29, 0.717) is 6.04 Å². The molecule has 2 rings (SSSR count). The van der Waals surface area contributed by atoms with E-state index in [1.807, 2.05) is 6.20 Å². The van der Waals surface area contributed by atoms with Gasteiger partial charge in [-0.2, -0.15) is 0 Å². The molecule has 1 aromatic heterocycles. The van der Waals surface area contributed by atoms with E-state index in [9.17, 15) is 0 Å². The first kappa shape index (κ1) is 11.6. The van der Waals surface area contributed by atoms with E-state index in [0.717, 1.165) is 0 Å². The van der Waals surface area contributed by atoms with Crippen LogP contribution in [0.5, 0.6) is 0 Å². The van der Waals surface area contributed by atoms with Crippen molar-refractivity contribution in [2.75, 3.05) is 13.1 Å². The highest BCUT2D eigenvalue weighted by molar-refractivity contribution is 5.25. The SMILES string of the molecule is CCCN1CCCC[C@@H]1c1cnccc1C. The Bertz CT molecular complexity index is 333. The third kappa shape index (κ3) is 2.43. The molecular weight excluding hydrogens is 196 g/mol. The Labute approximate surface area is 98.7 Å². The predicted molar refractivity (Wildman–Crippen MR) is 67.4 cm³/mol. The molecule has 0 aromatic carbocycles. The lowest BCUT2D eigenvalue weighted by atomic mass is 9.93. The predicted octanol–water partition coefficient (Wildman–Crippen LogP) is 3.33. The van der Waals surface area contributed by atoms with Crippen molar-refractivity contribution < 1.29 is 0 Å². The molecule has 0 saturated carbocycles. The lowest BCUT2D eigenvalue weighted by Crippen LogP contribution is -2.34. The van der Waals surface area contributed by atoms with Gasteiger partial charge in [-0.3, -0.25) is 9.88 Å². The molecule has 1 saturated heterocycles. The van der Waals surface area contributed by atoms with Crippen molar-refractivity contribution >= 4 is 0 Å². The maximum atomic E-state index is 4.29. The summed E-state index contributed by atoms with van der Waals surface area (Å²) >= 11 is 0. The molecule has 0 bridgehead atoms. The van der Waals surface area contributed by atoms with Crippen LogP contribution >= 0.6 is 0 Å². The summed E-state index contributed by atoms with van der Waals surface area (Å²) in [5.41, 5.74) is 2.83. The highest BCUT2D eigenvalue weighted by Crippen LogP contribution is 2.31. The fraction of sp³-hybridized carbons (Fsp3) is 0.643. The van der Waals surface area contributed by atoms with Gasteiger partial charge in [-0.15, -0.1) is 0 Å². The largest absolute Gasteiger partial charge is 0.296 e. The smallest absolute Gasteiger partial charge is 0.0366 e. The van der Waals surface area contributed by atoms with Crippen molar-refractivity contribution in [2.45, 2.75) is 45.6 Å². The van der Waals surface area contributed by atoms with Crippen molar-refractivity contribution in [2.24, 2.45) is 0 Å². The number of hydrogen-bond donors (Lipinski definition) is 0. The van der Waals surface area contributed by atoms with Crippen LogP contribution in [0, 0.1) is 6.92 Å². The molecule has 0 radical (unpaired) electrons. The number of nitrogens with zero attached hydrogens (tertiary/aromatic N) is 2. The third-order valence-corrected chi connectivity index (χ3v) is 3.56. The molecule has 16 heavy (non-hydrogen) atoms. The van der Waals surface area contributed by atoms with E-state index in [4.69, 9.17) is 0 Å². The molecule has 1 aromatic rings. The third-order valence-electron chi connectivity index (χ3n) is 3.56. The first-order valence-corrected chi connectivity index (χ1v) is 6.47. The van der Waals surface area contributed by atoms with Crippen LogP contribution in [0.4, 0.5) is 0 Å². The van der Waals surface area contributed by atoms with E-state index >= 15 is 0 Å². The lowest BCUT2D eigenvalue weighted by molar-refractivity contribution is 0.148. The van der Waals surface area contributed by atoms with Gasteiger partial charge in [0, 0.05) is 18.4 Å². The summed E-state index contributed by atoms with van der Waals surface area (Å²) in [6.07, 6.45) is 9.22. The lowest BCUT2D eigenvalue weighted by Gasteiger charge is -2.36. The van der Waals surface area contributed by atoms with Crippen LogP contribution in [-0.2, 0) is 0 Å². The van der Waals surface area contributed by atoms with Crippen LogP contribution in [-0.4, -0.2) is 23.0 Å². The minimum atomic E-state index is 0.613. The second-order valence-corrected chi connectivity index (χ2v) is 4.78. The van der Waals surface area contributed by atoms with Gasteiger partial charge >= 0.3 is 0 Å². The van der Waals surface area contributed by atoms with Gasteiger partial charge in [0.05, 0.1) is 0 Å². The number of rotatable bonds is 3. The second-order valence-electron chi connectivity index (χ2n) is 4.78. The van der Waals surface area contributed by atoms with Gasteiger partial charge < -0.3 is 0 Å². The van der Waals surface area contributed by atoms with Crippen LogP contribution < -0.4 is 0 Å². The Morgan fingerprint density at radius 1 is 1.44 bits per heavy atom. The van der Waals surface area contributed by atoms with Crippen molar-refractivity contribution in [3.8, 4) is 0 Å². The molecule has 2 nitrogen and oxygen atoms in total. The summed E-state index contributed by atoms with van der Waals surface area (Å²) in [5.74, 6) is 0. The fourth-order valence-corrected chi connectivity index (χ4v) is 2.72. The minimum Gasteiger partial charge on any atom is -0.296 e. The van der Waals surface area contributed by atoms with E-state index in [1.165, 1.54) is 49.9 Å². The topological polar surface area (TPSA) is 16.1 Å². The van der Waals surface area contributed by atoms with Crippen LogP contribution in [0.1, 0.15) is 49.8 Å². The highest BCUT2D eigenvalue weighted by Gasteiger charge is 2.24. The number of piperidine rings is 1. The zero-order valence-electron chi connectivity index (χ0n) is 10.4. The zero-order chi connectivity index (χ0) is 11.4. The van der Waals surface area contributed by atoms with Gasteiger partial charge in [0.25, 0.3) is 0 Å². The molecule has 0 amide bonds. The molecule has 88 valence electrons. The first-order chi connectivity index (χ1) is 7.83. The molecule has 2 heterocycles. The Hall–Kier alpha value is -0.890. The molecule has 2 heteroatoms. The van der Waals surface area contributed by atoms with Gasteiger partial charge in [-0.1, -0.05) is 13.3 Å². The number of aryl methyl sites for hydroxylation is 1. The van der Waals surface area contributed by atoms with E-state index in [1.54, 1.807) is 0 Å². The van der Waals surface area contributed by atoms with Crippen LogP contribution in [0.2, 0.25) is 0 Å². The highest BCUT2D eigenvalue weighted by atomic mass is 15.2. The Morgan fingerprint density at radius 2 is 2.31 bits per heavy atom. The molecule has 1 atom stereocenters. The number of hydrogen-bond acceptors (Lipinski definition) is 2. The zero-order valence-corrected chi connectivity index (χ0v) is 10.4. The van der Waals surface area contributed by atoms with Crippen LogP contribution in [0.25, 0.3) is 0 Å². The molecule has 0 aliphatic carbocycles. The summed E-state index contributed by atoms with van der Waals surface area (Å²) in [6.45, 7) is 6.95. The fourth-order valence-electron chi connectivity index (χ4n) is 2.72. The average Bonchev–Trinajstić information content (AvgIpc) is 2.31. The Morgan fingerprint density at radius 3 is 3.06 bits per heavy atom. The Balaban J connectivity index is 2.19. The van der Waals surface area contributed by atoms with Crippen molar-refractivity contribution in [3.05, 3.63) is 29.6 Å². The summed E-state index contributed by atoms with van der Waals surface area (Å²) in [6, 6.07) is 2.75. The van der Waals surface area contributed by atoms with E-state index in [-0.39, 0.29) is 0 Å². The molecule has 1 aliphatic heterocycles. The average molecular weight is 218 g/mol. The Kier molecular flexibility index (Phi) is 3.94. The summed E-state index contributed by atoms with van der Waals surface area (Å²) in [7, 11) is 0. The van der Waals surface area contributed by atoms with Gasteiger partial charge in [-0.05, 0) is 56.5 Å². The van der Waals surface area contributed by atoms with Gasteiger partial charge in [0.2, 0.25) is 0 Å². The maximum absolute atomic E-state index is 4.29. The number of pyridine rings is 1. The summed E-state index contributed by atoms with van der Waals surface area (Å²) in [5, 5.41) is 0. The van der Waals surface area contributed by atoms with E-state index in [2.05, 4.69) is 36.0 Å². The van der Waals surface area contributed by atoms with Gasteiger partial charge in [0.15, 0.2) is 0 Å². The molecule has 0 N–H and O–H groups in total. The van der Waals surface area contributed by atoms with E-state index < -0.39 is 0 Å². The number of likely N-dealkylation sites (tertiary alicyclic amines) is 1. The van der Waals surface area contributed by atoms with Gasteiger partial charge in [0.1, 0.15) is 0 Å². The second kappa shape index (κ2) is 5.44. The monoisotopic (exact) mass is 218 g/mol. The maximum Gasteiger partial charge on any atom is 0.0366 e. The van der Waals surface area contributed by atoms with Crippen molar-refractivity contribution in [1.29, 1.82) is 0 Å². The quantitative estimate of drug-likeness (QED) is 0.773. The molecular formula is C14H22N2. The molecule has 1 fully saturated rings. The standard InChI is InChI=1S/C14H22N2/c1-3-9-16-10-5-4-6-14(16)13-11-15-8-7-12(13)2/h7-8,11,14H,3-6,9-10H2,1-2H3/t14-/m1/s1. The molecule has 0 spiro atoms. The molecule has 0 unspecified atom stereocenters. The van der Waals surface area contributed by atoms with Crippen LogP contribution in [0.15, 0.2) is 18.5 Å².